The van der Waals surface area contributed by atoms with Crippen LogP contribution in [0.3, 0.4) is 0 Å². The third kappa shape index (κ3) is 3.38. The zero-order valence-corrected chi connectivity index (χ0v) is 14.4. The molecule has 0 atom stereocenters. The van der Waals surface area contributed by atoms with Crippen LogP contribution in [0.15, 0.2) is 57.2 Å². The van der Waals surface area contributed by atoms with Gasteiger partial charge in [0.05, 0.1) is 28.0 Å². The van der Waals surface area contributed by atoms with Crippen molar-refractivity contribution in [2.75, 3.05) is 7.05 Å². The number of nitrogens with zero attached hydrogens (tertiary/aromatic N) is 3. The number of nitrogens with one attached hydrogen (secondary N) is 1. The first-order valence-corrected chi connectivity index (χ1v) is 8.73. The number of hydrogen-bond donors (Lipinski definition) is 1. The van der Waals surface area contributed by atoms with Crippen molar-refractivity contribution in [1.82, 2.24) is 20.0 Å². The van der Waals surface area contributed by atoms with Gasteiger partial charge in [-0.2, -0.15) is 0 Å². The molecular weight excluding hydrogens is 336 g/mol. The fourth-order valence-corrected chi connectivity index (χ4v) is 3.39. The van der Waals surface area contributed by atoms with Crippen LogP contribution in [0.5, 0.6) is 0 Å². The Morgan fingerprint density at radius 2 is 2.08 bits per heavy atom. The van der Waals surface area contributed by atoms with E-state index in [9.17, 15) is 4.79 Å². The lowest BCUT2D eigenvalue weighted by atomic mass is 10.2. The first kappa shape index (κ1) is 15.7. The van der Waals surface area contributed by atoms with E-state index in [1.807, 2.05) is 53.7 Å². The van der Waals surface area contributed by atoms with E-state index < -0.39 is 0 Å². The molecule has 6 nitrogen and oxygen atoms in total. The zero-order chi connectivity index (χ0) is 17.2. The van der Waals surface area contributed by atoms with Crippen molar-refractivity contribution in [1.29, 1.82) is 0 Å². The fraction of sp³-hybridized carbons (Fsp3) is 0.167. The Labute approximate surface area is 147 Å². The van der Waals surface area contributed by atoms with Crippen molar-refractivity contribution in [3.63, 3.8) is 0 Å². The van der Waals surface area contributed by atoms with Gasteiger partial charge in [-0.3, -0.25) is 9.69 Å². The number of H-pyrrole nitrogens is 1. The topological polar surface area (TPSA) is 75.0 Å². The summed E-state index contributed by atoms with van der Waals surface area (Å²) in [5, 5.41) is 6.73. The maximum Gasteiger partial charge on any atom is 0.258 e. The molecule has 25 heavy (non-hydrogen) atoms. The molecule has 0 fully saturated rings. The van der Waals surface area contributed by atoms with Gasteiger partial charge in [-0.25, -0.2) is 4.98 Å². The molecule has 4 aromatic rings. The molecule has 1 N–H and O–H groups in total. The Bertz CT molecular complexity index is 1050. The number of hydrogen-bond acceptors (Lipinski definition) is 6. The molecule has 0 aliphatic heterocycles. The highest BCUT2D eigenvalue weighted by Crippen LogP contribution is 2.25. The summed E-state index contributed by atoms with van der Waals surface area (Å²) in [5.74, 6) is 1.41. The van der Waals surface area contributed by atoms with Crippen LogP contribution in [0.2, 0.25) is 0 Å². The third-order valence-electron chi connectivity index (χ3n) is 3.84. The van der Waals surface area contributed by atoms with E-state index >= 15 is 0 Å². The molecule has 0 saturated heterocycles. The second-order valence-corrected chi connectivity index (χ2v) is 6.81. The summed E-state index contributed by atoms with van der Waals surface area (Å²) in [6, 6.07) is 13.3. The highest BCUT2D eigenvalue weighted by Gasteiger charge is 2.11. The quantitative estimate of drug-likeness (QED) is 0.597. The first-order valence-electron chi connectivity index (χ1n) is 7.85. The van der Waals surface area contributed by atoms with E-state index in [0.29, 0.717) is 29.8 Å². The monoisotopic (exact) mass is 352 g/mol. The average Bonchev–Trinajstić information content (AvgIpc) is 3.26. The van der Waals surface area contributed by atoms with E-state index in [0.717, 1.165) is 16.3 Å². The first-order chi connectivity index (χ1) is 12.2. The van der Waals surface area contributed by atoms with E-state index in [4.69, 9.17) is 4.52 Å². The van der Waals surface area contributed by atoms with Crippen molar-refractivity contribution in [3.8, 4) is 10.6 Å². The maximum atomic E-state index is 12.1. The van der Waals surface area contributed by atoms with Crippen LogP contribution in [-0.2, 0) is 13.1 Å². The third-order valence-corrected chi connectivity index (χ3v) is 4.72. The minimum Gasteiger partial charge on any atom is -0.355 e. The molecule has 0 aliphatic carbocycles. The molecule has 4 rings (SSSR count). The van der Waals surface area contributed by atoms with Gasteiger partial charge in [-0.15, -0.1) is 11.3 Å². The van der Waals surface area contributed by atoms with Gasteiger partial charge in [0.2, 0.25) is 0 Å². The summed E-state index contributed by atoms with van der Waals surface area (Å²) < 4.78 is 5.40. The van der Waals surface area contributed by atoms with Crippen LogP contribution in [-0.4, -0.2) is 27.1 Å². The Balaban J connectivity index is 1.49. The Morgan fingerprint density at radius 1 is 1.20 bits per heavy atom. The summed E-state index contributed by atoms with van der Waals surface area (Å²) in [5.41, 5.74) is 1.43. The lowest BCUT2D eigenvalue weighted by Gasteiger charge is -2.14. The van der Waals surface area contributed by atoms with Crippen molar-refractivity contribution >= 4 is 22.2 Å². The molecule has 0 unspecified atom stereocenters. The molecule has 0 saturated carbocycles. The van der Waals surface area contributed by atoms with Gasteiger partial charge in [-0.1, -0.05) is 23.4 Å². The Morgan fingerprint density at radius 3 is 2.92 bits per heavy atom. The highest BCUT2D eigenvalue weighted by molar-refractivity contribution is 7.13. The number of rotatable bonds is 5. The number of aromatic nitrogens is 3. The molecule has 126 valence electrons. The molecule has 0 amide bonds. The van der Waals surface area contributed by atoms with E-state index in [1.165, 1.54) is 0 Å². The minimum absolute atomic E-state index is 0.115. The van der Waals surface area contributed by atoms with Gasteiger partial charge in [0.1, 0.15) is 5.82 Å². The molecule has 0 spiro atoms. The summed E-state index contributed by atoms with van der Waals surface area (Å²) in [4.78, 5) is 22.6. The maximum absolute atomic E-state index is 12.1. The van der Waals surface area contributed by atoms with E-state index in [2.05, 4.69) is 15.1 Å². The van der Waals surface area contributed by atoms with Crippen molar-refractivity contribution in [2.45, 2.75) is 13.1 Å². The number of benzene rings is 1. The predicted octanol–water partition coefficient (Wildman–Crippen LogP) is 3.27. The largest absolute Gasteiger partial charge is 0.355 e. The molecule has 3 aromatic heterocycles. The van der Waals surface area contributed by atoms with Crippen LogP contribution in [0, 0.1) is 0 Å². The average molecular weight is 352 g/mol. The van der Waals surface area contributed by atoms with E-state index in [1.54, 1.807) is 17.4 Å². The SMILES string of the molecule is CN(Cc1cc(-c2cccs2)on1)Cc1nc2ccccc2c(=O)[nH]1. The normalized spacial score (nSPS) is 11.4. The smallest absolute Gasteiger partial charge is 0.258 e. The minimum atomic E-state index is -0.115. The molecule has 7 heteroatoms. The van der Waals surface area contributed by atoms with Crippen molar-refractivity contribution in [3.05, 3.63) is 69.7 Å². The van der Waals surface area contributed by atoms with Gasteiger partial charge in [0.15, 0.2) is 5.76 Å². The van der Waals surface area contributed by atoms with Crippen LogP contribution in [0.1, 0.15) is 11.5 Å². The molecular formula is C18H16N4O2S. The second kappa shape index (κ2) is 6.62. The fourth-order valence-electron chi connectivity index (χ4n) is 2.72. The van der Waals surface area contributed by atoms with Gasteiger partial charge < -0.3 is 9.51 Å². The Hall–Kier alpha value is -2.77. The van der Waals surface area contributed by atoms with Gasteiger partial charge >= 0.3 is 0 Å². The predicted molar refractivity (Wildman–Crippen MR) is 97.4 cm³/mol. The molecule has 0 bridgehead atoms. The standard InChI is InChI=1S/C18H16N4O2S/c1-22(10-12-9-15(24-21-12)16-7-4-8-25-16)11-17-19-14-6-3-2-5-13(14)18(23)20-17/h2-9H,10-11H2,1H3,(H,19,20,23). The summed E-state index contributed by atoms with van der Waals surface area (Å²) >= 11 is 1.62. The number of aromatic amines is 1. The summed E-state index contributed by atoms with van der Waals surface area (Å²) in [6.45, 7) is 1.12. The van der Waals surface area contributed by atoms with Crippen LogP contribution >= 0.6 is 11.3 Å². The number of para-hydroxylation sites is 1. The second-order valence-electron chi connectivity index (χ2n) is 5.86. The van der Waals surface area contributed by atoms with Crippen LogP contribution < -0.4 is 5.56 Å². The van der Waals surface area contributed by atoms with Crippen molar-refractivity contribution < 1.29 is 4.52 Å². The van der Waals surface area contributed by atoms with Crippen LogP contribution in [0.4, 0.5) is 0 Å². The van der Waals surface area contributed by atoms with E-state index in [-0.39, 0.29) is 5.56 Å². The molecule has 0 aliphatic rings. The van der Waals surface area contributed by atoms with Gasteiger partial charge in [0, 0.05) is 12.6 Å². The van der Waals surface area contributed by atoms with Gasteiger partial charge in [-0.05, 0) is 30.6 Å². The summed E-state index contributed by atoms with van der Waals surface area (Å²) in [7, 11) is 1.95. The number of fused-ring (bicyclic) bond motifs is 1. The molecule has 3 heterocycles. The zero-order valence-electron chi connectivity index (χ0n) is 13.6. The van der Waals surface area contributed by atoms with Crippen molar-refractivity contribution in [2.24, 2.45) is 0 Å². The van der Waals surface area contributed by atoms with Gasteiger partial charge in [0.25, 0.3) is 5.56 Å². The lowest BCUT2D eigenvalue weighted by molar-refractivity contribution is 0.297. The molecule has 0 radical (unpaired) electrons. The Kier molecular flexibility index (Phi) is 4.17. The number of thiophene rings is 1. The lowest BCUT2D eigenvalue weighted by Crippen LogP contribution is -2.22. The summed E-state index contributed by atoms with van der Waals surface area (Å²) in [6.07, 6.45) is 0. The molecule has 1 aromatic carbocycles. The highest BCUT2D eigenvalue weighted by atomic mass is 32.1. The van der Waals surface area contributed by atoms with Crippen LogP contribution in [0.25, 0.3) is 21.5 Å².